The van der Waals surface area contributed by atoms with Crippen LogP contribution in [0.25, 0.3) is 0 Å². The second kappa shape index (κ2) is 5.57. The third-order valence-corrected chi connectivity index (χ3v) is 2.92. The van der Waals surface area contributed by atoms with Crippen LogP contribution in [0.2, 0.25) is 0 Å². The molecule has 5 N–H and O–H groups in total. The highest BCUT2D eigenvalue weighted by atomic mass is 16.1. The Bertz CT molecular complexity index is 402. The Morgan fingerprint density at radius 2 is 2.06 bits per heavy atom. The zero-order chi connectivity index (χ0) is 13.0. The Morgan fingerprint density at radius 3 is 2.53 bits per heavy atom. The minimum atomic E-state index is -0.439. The van der Waals surface area contributed by atoms with Gasteiger partial charge in [0.05, 0.1) is 11.4 Å². The molecule has 1 rings (SSSR count). The van der Waals surface area contributed by atoms with Crippen molar-refractivity contribution in [2.45, 2.75) is 33.2 Å². The maximum atomic E-state index is 11.1. The van der Waals surface area contributed by atoms with Crippen LogP contribution in [0.5, 0.6) is 0 Å². The first kappa shape index (κ1) is 13.4. The van der Waals surface area contributed by atoms with E-state index in [9.17, 15) is 4.79 Å². The van der Waals surface area contributed by atoms with E-state index in [2.05, 4.69) is 26.1 Å². The van der Waals surface area contributed by atoms with Crippen molar-refractivity contribution >= 4 is 17.3 Å². The van der Waals surface area contributed by atoms with Gasteiger partial charge in [0.1, 0.15) is 0 Å². The number of nitrogens with two attached hydrogens (primary N) is 2. The van der Waals surface area contributed by atoms with Gasteiger partial charge in [-0.1, -0.05) is 20.8 Å². The van der Waals surface area contributed by atoms with Crippen LogP contribution in [0, 0.1) is 5.92 Å². The molecule has 1 aromatic carbocycles. The number of nitrogens with one attached hydrogen (secondary N) is 1. The van der Waals surface area contributed by atoms with Crippen LogP contribution in [0.3, 0.4) is 0 Å². The number of anilines is 2. The molecule has 4 nitrogen and oxygen atoms in total. The first-order valence-electron chi connectivity index (χ1n) is 5.91. The summed E-state index contributed by atoms with van der Waals surface area (Å²) in [4.78, 5) is 11.1. The van der Waals surface area contributed by atoms with Crippen LogP contribution in [-0.4, -0.2) is 11.9 Å². The first-order valence-corrected chi connectivity index (χ1v) is 5.91. The average molecular weight is 235 g/mol. The molecular formula is C13H21N3O. The maximum Gasteiger partial charge on any atom is 0.248 e. The fourth-order valence-electron chi connectivity index (χ4n) is 1.77. The molecule has 0 bridgehead atoms. The molecule has 0 aromatic heterocycles. The Morgan fingerprint density at radius 1 is 1.41 bits per heavy atom. The Kier molecular flexibility index (Phi) is 4.37. The largest absolute Gasteiger partial charge is 0.397 e. The van der Waals surface area contributed by atoms with Crippen molar-refractivity contribution in [2.75, 3.05) is 11.1 Å². The molecule has 1 atom stereocenters. The Balaban J connectivity index is 2.96. The number of nitrogen functional groups attached to an aromatic ring is 1. The molecule has 94 valence electrons. The van der Waals surface area contributed by atoms with E-state index in [1.54, 1.807) is 18.2 Å². The number of rotatable bonds is 5. The number of carbonyl (C=O) groups excluding carboxylic acids is 1. The van der Waals surface area contributed by atoms with Crippen LogP contribution in [0.15, 0.2) is 18.2 Å². The molecule has 0 fully saturated rings. The van der Waals surface area contributed by atoms with Crippen molar-refractivity contribution in [2.24, 2.45) is 11.7 Å². The van der Waals surface area contributed by atoms with Crippen molar-refractivity contribution in [3.05, 3.63) is 23.8 Å². The van der Waals surface area contributed by atoms with E-state index >= 15 is 0 Å². The number of hydrogen-bond acceptors (Lipinski definition) is 3. The Hall–Kier alpha value is -1.71. The van der Waals surface area contributed by atoms with E-state index in [4.69, 9.17) is 11.5 Å². The summed E-state index contributed by atoms with van der Waals surface area (Å²) in [6, 6.07) is 5.39. The third-order valence-electron chi connectivity index (χ3n) is 2.92. The molecule has 4 heteroatoms. The summed E-state index contributed by atoms with van der Waals surface area (Å²) in [6.07, 6.45) is 0.998. The topological polar surface area (TPSA) is 81.1 Å². The Labute approximate surface area is 102 Å². The highest BCUT2D eigenvalue weighted by Crippen LogP contribution is 2.23. The second-order valence-corrected chi connectivity index (χ2v) is 4.57. The van der Waals surface area contributed by atoms with Gasteiger partial charge in [-0.05, 0) is 30.5 Å². The van der Waals surface area contributed by atoms with E-state index in [-0.39, 0.29) is 0 Å². The standard InChI is InChI=1S/C13H21N3O/c1-4-11(8(2)3)16-12-7-9(13(15)17)5-6-10(12)14/h5-8,11,16H,4,14H2,1-3H3,(H2,15,17). The van der Waals surface area contributed by atoms with Gasteiger partial charge in [-0.2, -0.15) is 0 Å². The molecule has 0 saturated heterocycles. The molecule has 0 aliphatic carbocycles. The molecule has 0 aliphatic rings. The van der Waals surface area contributed by atoms with E-state index < -0.39 is 5.91 Å². The molecule has 0 aliphatic heterocycles. The van der Waals surface area contributed by atoms with Gasteiger partial charge in [-0.15, -0.1) is 0 Å². The van der Waals surface area contributed by atoms with Crippen LogP contribution in [0.4, 0.5) is 11.4 Å². The van der Waals surface area contributed by atoms with Gasteiger partial charge < -0.3 is 16.8 Å². The lowest BCUT2D eigenvalue weighted by Gasteiger charge is -2.23. The average Bonchev–Trinajstić information content (AvgIpc) is 2.27. The summed E-state index contributed by atoms with van der Waals surface area (Å²) in [5.74, 6) is 0.0577. The summed E-state index contributed by atoms with van der Waals surface area (Å²) in [5.41, 5.74) is 13.0. The minimum Gasteiger partial charge on any atom is -0.397 e. The van der Waals surface area contributed by atoms with Gasteiger partial charge >= 0.3 is 0 Å². The minimum absolute atomic E-state index is 0.334. The maximum absolute atomic E-state index is 11.1. The van der Waals surface area contributed by atoms with E-state index in [1.807, 2.05) is 0 Å². The molecule has 0 radical (unpaired) electrons. The molecule has 0 heterocycles. The molecule has 0 saturated carbocycles. The predicted octanol–water partition coefficient (Wildman–Crippen LogP) is 2.21. The summed E-state index contributed by atoms with van der Waals surface area (Å²) in [5, 5.41) is 3.36. The van der Waals surface area contributed by atoms with Crippen LogP contribution < -0.4 is 16.8 Å². The normalized spacial score (nSPS) is 12.5. The van der Waals surface area contributed by atoms with Crippen molar-refractivity contribution in [3.63, 3.8) is 0 Å². The summed E-state index contributed by atoms with van der Waals surface area (Å²) < 4.78 is 0. The SMILES string of the molecule is CCC(Nc1cc(C(N)=O)ccc1N)C(C)C. The molecule has 1 unspecified atom stereocenters. The summed E-state index contributed by atoms with van der Waals surface area (Å²) in [7, 11) is 0. The van der Waals surface area contributed by atoms with Gasteiger partial charge in [-0.3, -0.25) is 4.79 Å². The van der Waals surface area contributed by atoms with Crippen molar-refractivity contribution in [1.82, 2.24) is 0 Å². The van der Waals surface area contributed by atoms with Crippen LogP contribution in [0.1, 0.15) is 37.6 Å². The monoisotopic (exact) mass is 235 g/mol. The summed E-state index contributed by atoms with van der Waals surface area (Å²) in [6.45, 7) is 6.41. The third kappa shape index (κ3) is 3.37. The number of amides is 1. The van der Waals surface area contributed by atoms with E-state index in [0.717, 1.165) is 12.1 Å². The fraction of sp³-hybridized carbons (Fsp3) is 0.462. The van der Waals surface area contributed by atoms with Crippen LogP contribution in [-0.2, 0) is 0 Å². The number of primary amides is 1. The van der Waals surface area contributed by atoms with Crippen LogP contribution >= 0.6 is 0 Å². The van der Waals surface area contributed by atoms with Crippen molar-refractivity contribution in [1.29, 1.82) is 0 Å². The molecule has 0 spiro atoms. The first-order chi connectivity index (χ1) is 7.95. The van der Waals surface area contributed by atoms with Gasteiger partial charge in [0.15, 0.2) is 0 Å². The zero-order valence-electron chi connectivity index (χ0n) is 10.7. The lowest BCUT2D eigenvalue weighted by atomic mass is 10.0. The highest BCUT2D eigenvalue weighted by molar-refractivity contribution is 5.94. The quantitative estimate of drug-likeness (QED) is 0.684. The molecular weight excluding hydrogens is 214 g/mol. The van der Waals surface area contributed by atoms with Gasteiger partial charge in [-0.25, -0.2) is 0 Å². The lowest BCUT2D eigenvalue weighted by Crippen LogP contribution is -2.25. The van der Waals surface area contributed by atoms with Gasteiger partial charge in [0.2, 0.25) is 5.91 Å². The van der Waals surface area contributed by atoms with Gasteiger partial charge in [0, 0.05) is 11.6 Å². The molecule has 1 aromatic rings. The molecule has 17 heavy (non-hydrogen) atoms. The number of carbonyl (C=O) groups is 1. The molecule has 1 amide bonds. The zero-order valence-corrected chi connectivity index (χ0v) is 10.7. The lowest BCUT2D eigenvalue weighted by molar-refractivity contribution is 0.100. The van der Waals surface area contributed by atoms with Crippen molar-refractivity contribution in [3.8, 4) is 0 Å². The number of benzene rings is 1. The predicted molar refractivity (Wildman–Crippen MR) is 71.9 cm³/mol. The summed E-state index contributed by atoms with van der Waals surface area (Å²) >= 11 is 0. The van der Waals surface area contributed by atoms with E-state index in [1.165, 1.54) is 0 Å². The smallest absolute Gasteiger partial charge is 0.248 e. The van der Waals surface area contributed by atoms with Gasteiger partial charge in [0.25, 0.3) is 0 Å². The highest BCUT2D eigenvalue weighted by Gasteiger charge is 2.13. The van der Waals surface area contributed by atoms with E-state index in [0.29, 0.717) is 23.2 Å². The fourth-order valence-corrected chi connectivity index (χ4v) is 1.77. The van der Waals surface area contributed by atoms with Crippen molar-refractivity contribution < 1.29 is 4.79 Å². The second-order valence-electron chi connectivity index (χ2n) is 4.57. The number of hydrogen-bond donors (Lipinski definition) is 3.